The van der Waals surface area contributed by atoms with Gasteiger partial charge in [0.1, 0.15) is 5.82 Å². The van der Waals surface area contributed by atoms with Crippen molar-refractivity contribution in [2.75, 3.05) is 5.32 Å². The van der Waals surface area contributed by atoms with Crippen molar-refractivity contribution in [2.24, 2.45) is 0 Å². The molecule has 1 amide bonds. The summed E-state index contributed by atoms with van der Waals surface area (Å²) in [5.74, 6) is 0.425. The second-order valence-corrected chi connectivity index (χ2v) is 2.89. The maximum Gasteiger partial charge on any atom is 0.410 e. The van der Waals surface area contributed by atoms with Crippen molar-refractivity contribution in [3.63, 3.8) is 0 Å². The van der Waals surface area contributed by atoms with Gasteiger partial charge in [-0.25, -0.2) is 9.48 Å². The SMILES string of the molecule is O=C(O)Nc1ccnn1-c1ccccc1. The third-order valence-electron chi connectivity index (χ3n) is 1.88. The first-order valence-corrected chi connectivity index (χ1v) is 4.37. The molecule has 2 N–H and O–H groups in total. The van der Waals surface area contributed by atoms with Crippen LogP contribution in [0.1, 0.15) is 0 Å². The molecule has 2 aromatic rings. The summed E-state index contributed by atoms with van der Waals surface area (Å²) in [4.78, 5) is 10.5. The Labute approximate surface area is 86.0 Å². The van der Waals surface area contributed by atoms with Crippen LogP contribution in [0, 0.1) is 0 Å². The molecule has 0 aliphatic rings. The fraction of sp³-hybridized carbons (Fsp3) is 0. The van der Waals surface area contributed by atoms with Crippen LogP contribution in [0.3, 0.4) is 0 Å². The normalized spacial score (nSPS) is 9.87. The lowest BCUT2D eigenvalue weighted by atomic mass is 10.3. The predicted octanol–water partition coefficient (Wildman–Crippen LogP) is 1.96. The molecule has 0 saturated heterocycles. The van der Waals surface area contributed by atoms with Gasteiger partial charge in [0, 0.05) is 6.07 Å². The summed E-state index contributed by atoms with van der Waals surface area (Å²) in [6.07, 6.45) is 0.436. The Hall–Kier alpha value is -2.30. The number of anilines is 1. The number of benzene rings is 1. The van der Waals surface area contributed by atoms with E-state index in [-0.39, 0.29) is 0 Å². The lowest BCUT2D eigenvalue weighted by Crippen LogP contribution is -2.11. The number of aromatic nitrogens is 2. The maximum absolute atomic E-state index is 10.5. The molecule has 0 saturated carbocycles. The van der Waals surface area contributed by atoms with E-state index >= 15 is 0 Å². The van der Waals surface area contributed by atoms with Crippen LogP contribution in [0.5, 0.6) is 0 Å². The highest BCUT2D eigenvalue weighted by Gasteiger charge is 2.06. The van der Waals surface area contributed by atoms with E-state index in [0.29, 0.717) is 5.82 Å². The molecular weight excluding hydrogens is 194 g/mol. The quantitative estimate of drug-likeness (QED) is 0.784. The van der Waals surface area contributed by atoms with Crippen molar-refractivity contribution < 1.29 is 9.90 Å². The van der Waals surface area contributed by atoms with Gasteiger partial charge in [-0.1, -0.05) is 18.2 Å². The molecule has 2 rings (SSSR count). The molecule has 0 spiro atoms. The molecule has 1 aromatic heterocycles. The van der Waals surface area contributed by atoms with Crippen molar-refractivity contribution >= 4 is 11.9 Å². The smallest absolute Gasteiger partial charge is 0.410 e. The van der Waals surface area contributed by atoms with Gasteiger partial charge in [-0.2, -0.15) is 5.10 Å². The van der Waals surface area contributed by atoms with Crippen LogP contribution in [0.4, 0.5) is 10.6 Å². The molecule has 0 radical (unpaired) electrons. The van der Waals surface area contributed by atoms with Crippen LogP contribution >= 0.6 is 0 Å². The average Bonchev–Trinajstić information content (AvgIpc) is 2.66. The van der Waals surface area contributed by atoms with Crippen molar-refractivity contribution in [1.29, 1.82) is 0 Å². The van der Waals surface area contributed by atoms with Crippen molar-refractivity contribution in [3.05, 3.63) is 42.6 Å². The molecule has 5 heteroatoms. The number of carbonyl (C=O) groups is 1. The highest BCUT2D eigenvalue weighted by atomic mass is 16.4. The van der Waals surface area contributed by atoms with Crippen molar-refractivity contribution in [3.8, 4) is 5.69 Å². The Morgan fingerprint density at radius 2 is 2.00 bits per heavy atom. The van der Waals surface area contributed by atoms with E-state index in [4.69, 9.17) is 5.11 Å². The van der Waals surface area contributed by atoms with Crippen LogP contribution in [0.25, 0.3) is 5.69 Å². The van der Waals surface area contributed by atoms with Gasteiger partial charge in [0.25, 0.3) is 0 Å². The predicted molar refractivity (Wildman–Crippen MR) is 55.2 cm³/mol. The Morgan fingerprint density at radius 1 is 1.27 bits per heavy atom. The highest BCUT2D eigenvalue weighted by Crippen LogP contribution is 2.13. The summed E-state index contributed by atoms with van der Waals surface area (Å²) in [5.41, 5.74) is 0.811. The van der Waals surface area contributed by atoms with Gasteiger partial charge in [-0.05, 0) is 12.1 Å². The van der Waals surface area contributed by atoms with Gasteiger partial charge >= 0.3 is 6.09 Å². The highest BCUT2D eigenvalue weighted by molar-refractivity contribution is 5.81. The van der Waals surface area contributed by atoms with Gasteiger partial charge in [-0.15, -0.1) is 0 Å². The number of hydrogen-bond donors (Lipinski definition) is 2. The van der Waals surface area contributed by atoms with E-state index in [1.165, 1.54) is 10.9 Å². The van der Waals surface area contributed by atoms with E-state index in [0.717, 1.165) is 5.69 Å². The third-order valence-corrected chi connectivity index (χ3v) is 1.88. The second-order valence-electron chi connectivity index (χ2n) is 2.89. The van der Waals surface area contributed by atoms with Gasteiger partial charge < -0.3 is 5.11 Å². The standard InChI is InChI=1S/C10H9N3O2/c14-10(15)12-9-6-7-11-13(9)8-4-2-1-3-5-8/h1-7,12H,(H,14,15). The Balaban J connectivity index is 2.37. The largest absolute Gasteiger partial charge is 0.465 e. The molecule has 76 valence electrons. The lowest BCUT2D eigenvalue weighted by molar-refractivity contribution is 0.209. The van der Waals surface area contributed by atoms with E-state index in [2.05, 4.69) is 10.4 Å². The van der Waals surface area contributed by atoms with Crippen LogP contribution in [0.15, 0.2) is 42.6 Å². The molecule has 1 heterocycles. The molecule has 1 aromatic carbocycles. The summed E-state index contributed by atoms with van der Waals surface area (Å²) in [5, 5.41) is 14.9. The fourth-order valence-corrected chi connectivity index (χ4v) is 1.28. The number of nitrogens with zero attached hydrogens (tertiary/aromatic N) is 2. The van der Waals surface area contributed by atoms with Crippen molar-refractivity contribution in [2.45, 2.75) is 0 Å². The van der Waals surface area contributed by atoms with E-state index in [1.807, 2.05) is 30.3 Å². The number of rotatable bonds is 2. The maximum atomic E-state index is 10.5. The summed E-state index contributed by atoms with van der Waals surface area (Å²) in [6, 6.07) is 10.9. The second kappa shape index (κ2) is 3.83. The lowest BCUT2D eigenvalue weighted by Gasteiger charge is -2.05. The van der Waals surface area contributed by atoms with E-state index < -0.39 is 6.09 Å². The molecule has 0 aliphatic heterocycles. The zero-order valence-electron chi connectivity index (χ0n) is 7.79. The van der Waals surface area contributed by atoms with E-state index in [9.17, 15) is 4.79 Å². The molecule has 0 bridgehead atoms. The molecule has 0 atom stereocenters. The number of hydrogen-bond acceptors (Lipinski definition) is 2. The number of nitrogens with one attached hydrogen (secondary N) is 1. The minimum Gasteiger partial charge on any atom is -0.465 e. The molecule has 0 unspecified atom stereocenters. The van der Waals surface area contributed by atoms with Crippen LogP contribution < -0.4 is 5.32 Å². The molecule has 5 nitrogen and oxygen atoms in total. The first-order chi connectivity index (χ1) is 7.27. The molecule has 0 aliphatic carbocycles. The van der Waals surface area contributed by atoms with Crippen molar-refractivity contribution in [1.82, 2.24) is 9.78 Å². The first-order valence-electron chi connectivity index (χ1n) is 4.37. The number of carboxylic acid groups (broad SMARTS) is 1. The summed E-state index contributed by atoms with van der Waals surface area (Å²) in [7, 11) is 0. The number of amides is 1. The van der Waals surface area contributed by atoms with Gasteiger partial charge in [0.2, 0.25) is 0 Å². The zero-order valence-corrected chi connectivity index (χ0v) is 7.79. The van der Waals surface area contributed by atoms with E-state index in [1.54, 1.807) is 6.07 Å². The summed E-state index contributed by atoms with van der Waals surface area (Å²) in [6.45, 7) is 0. The Bertz CT molecular complexity index is 465. The minimum absolute atomic E-state index is 0.425. The summed E-state index contributed by atoms with van der Waals surface area (Å²) < 4.78 is 1.52. The minimum atomic E-state index is -1.10. The summed E-state index contributed by atoms with van der Waals surface area (Å²) >= 11 is 0. The van der Waals surface area contributed by atoms with Gasteiger partial charge in [0.05, 0.1) is 11.9 Å². The Morgan fingerprint density at radius 3 is 2.67 bits per heavy atom. The fourth-order valence-electron chi connectivity index (χ4n) is 1.28. The van der Waals surface area contributed by atoms with Crippen LogP contribution in [-0.2, 0) is 0 Å². The first kappa shape index (κ1) is 9.26. The zero-order chi connectivity index (χ0) is 10.7. The average molecular weight is 203 g/mol. The number of para-hydroxylation sites is 1. The van der Waals surface area contributed by atoms with Crippen LogP contribution in [-0.4, -0.2) is 21.0 Å². The topological polar surface area (TPSA) is 67.2 Å². The van der Waals surface area contributed by atoms with Crippen LogP contribution in [0.2, 0.25) is 0 Å². The van der Waals surface area contributed by atoms with Gasteiger partial charge in [-0.3, -0.25) is 5.32 Å². The molecule has 0 fully saturated rings. The monoisotopic (exact) mass is 203 g/mol. The molecule has 15 heavy (non-hydrogen) atoms. The molecular formula is C10H9N3O2. The Kier molecular flexibility index (Phi) is 2.37. The third kappa shape index (κ3) is 1.96. The van der Waals surface area contributed by atoms with Gasteiger partial charge in [0.15, 0.2) is 0 Å².